The maximum absolute atomic E-state index is 10.7. The quantitative estimate of drug-likeness (QED) is 0.360. The molecule has 0 radical (unpaired) electrons. The summed E-state index contributed by atoms with van der Waals surface area (Å²) in [5, 5.41) is 10.0. The van der Waals surface area contributed by atoms with Crippen LogP contribution in [0.25, 0.3) is 0 Å². The second kappa shape index (κ2) is 8.09. The number of ether oxygens (including phenoxy) is 1. The fourth-order valence-electron chi connectivity index (χ4n) is 2.08. The fourth-order valence-corrected chi connectivity index (χ4v) is 2.57. The van der Waals surface area contributed by atoms with E-state index in [4.69, 9.17) is 15.0 Å². The van der Waals surface area contributed by atoms with Gasteiger partial charge < -0.3 is 15.6 Å². The van der Waals surface area contributed by atoms with Crippen LogP contribution < -0.4 is 15.0 Å². The molecule has 1 atom stereocenters. The number of pyridine rings is 1. The second-order valence-electron chi connectivity index (χ2n) is 5.47. The SMILES string of the molecule is Nc1ccc(OC[C@H](O)C[n+]2ccc(CCS(=O)(=O)O)cc2)cc1. The normalized spacial score (nSPS) is 12.8. The highest BCUT2D eigenvalue weighted by molar-refractivity contribution is 7.85. The zero-order valence-corrected chi connectivity index (χ0v) is 13.9. The van der Waals surface area contributed by atoms with Crippen molar-refractivity contribution in [1.29, 1.82) is 0 Å². The molecule has 7 nitrogen and oxygen atoms in total. The zero-order chi connectivity index (χ0) is 17.6. The molecule has 130 valence electrons. The molecule has 1 aromatic carbocycles. The molecule has 0 amide bonds. The number of aliphatic hydroxyl groups is 1. The third kappa shape index (κ3) is 6.53. The molecule has 0 bridgehead atoms. The molecule has 8 heteroatoms. The number of nitrogen functional groups attached to an aromatic ring is 1. The lowest BCUT2D eigenvalue weighted by molar-refractivity contribution is -0.703. The lowest BCUT2D eigenvalue weighted by Gasteiger charge is -2.10. The van der Waals surface area contributed by atoms with Crippen LogP contribution >= 0.6 is 0 Å². The van der Waals surface area contributed by atoms with Crippen molar-refractivity contribution in [2.45, 2.75) is 19.1 Å². The third-order valence-corrected chi connectivity index (χ3v) is 4.07. The summed E-state index contributed by atoms with van der Waals surface area (Å²) in [6.45, 7) is 0.481. The fraction of sp³-hybridized carbons (Fsp3) is 0.312. The van der Waals surface area contributed by atoms with E-state index in [-0.39, 0.29) is 18.8 Å². The van der Waals surface area contributed by atoms with Crippen molar-refractivity contribution in [2.75, 3.05) is 18.1 Å². The Kier molecular flexibility index (Phi) is 6.13. The van der Waals surface area contributed by atoms with Crippen molar-refractivity contribution < 1.29 is 27.4 Å². The third-order valence-electron chi connectivity index (χ3n) is 3.35. The summed E-state index contributed by atoms with van der Waals surface area (Å²) in [4.78, 5) is 0. The van der Waals surface area contributed by atoms with E-state index in [1.165, 1.54) is 0 Å². The largest absolute Gasteiger partial charge is 0.491 e. The number of rotatable bonds is 8. The van der Waals surface area contributed by atoms with Gasteiger partial charge in [-0.05, 0) is 36.2 Å². The number of aliphatic hydroxyl groups excluding tert-OH is 1. The Balaban J connectivity index is 1.81. The maximum atomic E-state index is 10.7. The number of nitrogens with zero attached hydrogens (tertiary/aromatic N) is 1. The Labute approximate surface area is 141 Å². The predicted molar refractivity (Wildman–Crippen MR) is 89.1 cm³/mol. The molecule has 0 aliphatic carbocycles. The molecular formula is C16H21N2O5S+. The summed E-state index contributed by atoms with van der Waals surface area (Å²) in [5.74, 6) is 0.323. The number of aromatic nitrogens is 1. The Hall–Kier alpha value is -2.16. The van der Waals surface area contributed by atoms with Gasteiger partial charge in [-0.2, -0.15) is 8.42 Å². The Bertz CT molecular complexity index is 745. The van der Waals surface area contributed by atoms with Gasteiger partial charge in [-0.25, -0.2) is 4.57 Å². The first-order valence-electron chi connectivity index (χ1n) is 7.41. The highest BCUT2D eigenvalue weighted by Gasteiger charge is 2.12. The van der Waals surface area contributed by atoms with E-state index in [0.717, 1.165) is 5.56 Å². The zero-order valence-electron chi connectivity index (χ0n) is 13.1. The summed E-state index contributed by atoms with van der Waals surface area (Å²) in [6.07, 6.45) is 3.02. The Morgan fingerprint density at radius 1 is 1.12 bits per heavy atom. The van der Waals surface area contributed by atoms with Gasteiger partial charge in [-0.3, -0.25) is 4.55 Å². The molecule has 1 heterocycles. The number of anilines is 1. The smallest absolute Gasteiger partial charge is 0.265 e. The van der Waals surface area contributed by atoms with Crippen molar-refractivity contribution in [3.8, 4) is 5.75 Å². The Morgan fingerprint density at radius 2 is 1.75 bits per heavy atom. The van der Waals surface area contributed by atoms with Crippen LogP contribution in [0.5, 0.6) is 5.75 Å². The van der Waals surface area contributed by atoms with Gasteiger partial charge in [-0.15, -0.1) is 0 Å². The number of benzene rings is 1. The molecule has 0 aliphatic heterocycles. The second-order valence-corrected chi connectivity index (χ2v) is 7.05. The maximum Gasteiger partial charge on any atom is 0.265 e. The summed E-state index contributed by atoms with van der Waals surface area (Å²) in [6, 6.07) is 10.4. The molecule has 0 saturated carbocycles. The van der Waals surface area contributed by atoms with E-state index in [1.807, 2.05) is 0 Å². The van der Waals surface area contributed by atoms with Gasteiger partial charge in [-0.1, -0.05) is 0 Å². The van der Waals surface area contributed by atoms with Gasteiger partial charge in [0, 0.05) is 17.8 Å². The monoisotopic (exact) mass is 353 g/mol. The van der Waals surface area contributed by atoms with Crippen molar-refractivity contribution in [2.24, 2.45) is 0 Å². The van der Waals surface area contributed by atoms with Crippen LogP contribution in [0.4, 0.5) is 5.69 Å². The standard InChI is InChI=1S/C16H20N2O5S/c17-14-1-3-16(4-2-14)23-12-15(19)11-18-8-5-13(6-9-18)7-10-24(20,21)22/h1-6,8-9,15,19H,7,10-12,17H2/p+1/t15-/m1/s1. The van der Waals surface area contributed by atoms with E-state index in [1.54, 1.807) is 53.4 Å². The molecule has 0 spiro atoms. The van der Waals surface area contributed by atoms with Crippen LogP contribution in [0.3, 0.4) is 0 Å². The van der Waals surface area contributed by atoms with Crippen LogP contribution in [0.15, 0.2) is 48.8 Å². The molecule has 0 fully saturated rings. The van der Waals surface area contributed by atoms with Crippen LogP contribution in [0.2, 0.25) is 0 Å². The minimum atomic E-state index is -3.96. The van der Waals surface area contributed by atoms with E-state index in [2.05, 4.69) is 0 Å². The molecule has 4 N–H and O–H groups in total. The van der Waals surface area contributed by atoms with Crippen LogP contribution in [-0.4, -0.2) is 36.5 Å². The van der Waals surface area contributed by atoms with E-state index in [0.29, 0.717) is 18.0 Å². The summed E-state index contributed by atoms with van der Waals surface area (Å²) in [5.41, 5.74) is 7.02. The number of hydrogen-bond acceptors (Lipinski definition) is 5. The van der Waals surface area contributed by atoms with Gasteiger partial charge in [0.2, 0.25) is 0 Å². The average Bonchev–Trinajstić information content (AvgIpc) is 2.53. The van der Waals surface area contributed by atoms with Crippen molar-refractivity contribution in [3.63, 3.8) is 0 Å². The predicted octanol–water partition coefficient (Wildman–Crippen LogP) is 0.427. The van der Waals surface area contributed by atoms with Gasteiger partial charge in [0.1, 0.15) is 18.5 Å². The summed E-state index contributed by atoms with van der Waals surface area (Å²) in [7, 11) is -3.96. The van der Waals surface area contributed by atoms with E-state index < -0.39 is 16.2 Å². The molecule has 24 heavy (non-hydrogen) atoms. The number of nitrogens with two attached hydrogens (primary N) is 1. The van der Waals surface area contributed by atoms with E-state index >= 15 is 0 Å². The first-order valence-corrected chi connectivity index (χ1v) is 9.02. The summed E-state index contributed by atoms with van der Waals surface area (Å²) < 4.78 is 37.4. The first-order chi connectivity index (χ1) is 11.3. The molecule has 0 unspecified atom stereocenters. The minimum absolute atomic E-state index is 0.140. The molecule has 1 aromatic heterocycles. The molecule has 0 saturated heterocycles. The number of aryl methyl sites for hydroxylation is 1. The van der Waals surface area contributed by atoms with Crippen molar-refractivity contribution in [1.82, 2.24) is 0 Å². The molecular weight excluding hydrogens is 332 g/mol. The molecule has 2 aromatic rings. The molecule has 0 aliphatic rings. The average molecular weight is 353 g/mol. The minimum Gasteiger partial charge on any atom is -0.491 e. The summed E-state index contributed by atoms with van der Waals surface area (Å²) >= 11 is 0. The van der Waals surface area contributed by atoms with Crippen LogP contribution in [0, 0.1) is 0 Å². The number of hydrogen-bond donors (Lipinski definition) is 3. The molecule has 2 rings (SSSR count). The van der Waals surface area contributed by atoms with Gasteiger partial charge in [0.05, 0.1) is 5.75 Å². The lowest BCUT2D eigenvalue weighted by atomic mass is 10.2. The lowest BCUT2D eigenvalue weighted by Crippen LogP contribution is -2.41. The van der Waals surface area contributed by atoms with E-state index in [9.17, 15) is 13.5 Å². The van der Waals surface area contributed by atoms with Crippen molar-refractivity contribution in [3.05, 3.63) is 54.4 Å². The van der Waals surface area contributed by atoms with Gasteiger partial charge >= 0.3 is 0 Å². The van der Waals surface area contributed by atoms with Gasteiger partial charge in [0.15, 0.2) is 18.9 Å². The highest BCUT2D eigenvalue weighted by Crippen LogP contribution is 2.13. The van der Waals surface area contributed by atoms with Gasteiger partial charge in [0.25, 0.3) is 10.1 Å². The highest BCUT2D eigenvalue weighted by atomic mass is 32.2. The first kappa shape index (κ1) is 18.2. The topological polar surface area (TPSA) is 114 Å². The van der Waals surface area contributed by atoms with Crippen LogP contribution in [0.1, 0.15) is 5.56 Å². The Morgan fingerprint density at radius 3 is 2.33 bits per heavy atom. The van der Waals surface area contributed by atoms with Crippen LogP contribution in [-0.2, 0) is 23.1 Å². The van der Waals surface area contributed by atoms with Crippen molar-refractivity contribution >= 4 is 15.8 Å².